The van der Waals surface area contributed by atoms with Crippen LogP contribution < -0.4 is 11.5 Å². The number of benzene rings is 2. The summed E-state index contributed by atoms with van der Waals surface area (Å²) in [5.41, 5.74) is 28.4. The summed E-state index contributed by atoms with van der Waals surface area (Å²) in [7, 11) is 0. The first-order valence-electron chi connectivity index (χ1n) is 10.9. The molecular weight excluding hydrogens is 432 g/mol. The highest BCUT2D eigenvalue weighted by atomic mass is 32.2. The van der Waals surface area contributed by atoms with Gasteiger partial charge in [-0.1, -0.05) is 23.5 Å². The van der Waals surface area contributed by atoms with Gasteiger partial charge in [0.25, 0.3) is 0 Å². The molecule has 32 heavy (non-hydrogen) atoms. The Balaban J connectivity index is 2.08. The summed E-state index contributed by atoms with van der Waals surface area (Å²) in [6, 6.07) is 0. The van der Waals surface area contributed by atoms with Crippen LogP contribution in [0.5, 0.6) is 0 Å². The zero-order valence-electron chi connectivity index (χ0n) is 21.3. The van der Waals surface area contributed by atoms with Crippen molar-refractivity contribution >= 4 is 33.9 Å². The second-order valence-corrected chi connectivity index (χ2v) is 10.7. The highest BCUT2D eigenvalue weighted by Crippen LogP contribution is 2.30. The number of thioether (sulfide) groups is 2. The van der Waals surface area contributed by atoms with Crippen molar-refractivity contribution < 1.29 is 0 Å². The molecule has 0 unspecified atom stereocenters. The average Bonchev–Trinajstić information content (AvgIpc) is 2.77. The van der Waals surface area contributed by atoms with Crippen LogP contribution in [0.1, 0.15) is 66.8 Å². The number of hydrogen-bond donors (Lipinski definition) is 2. The molecule has 0 heterocycles. The SMILES string of the molecule is Cc1c(C)c(C)c(CSC(N)=NN=C(N)SCc2c(C)c(C)c(C)c(C)c2C)c(C)c1C. The highest BCUT2D eigenvalue weighted by molar-refractivity contribution is 8.13. The van der Waals surface area contributed by atoms with Crippen LogP contribution >= 0.6 is 23.5 Å². The van der Waals surface area contributed by atoms with E-state index in [2.05, 4.69) is 79.4 Å². The molecule has 0 spiro atoms. The number of hydrogen-bond acceptors (Lipinski definition) is 4. The van der Waals surface area contributed by atoms with Crippen LogP contribution in [0.25, 0.3) is 0 Å². The van der Waals surface area contributed by atoms with E-state index in [0.717, 1.165) is 11.5 Å². The molecule has 0 fully saturated rings. The molecule has 0 saturated heterocycles. The monoisotopic (exact) mass is 470 g/mol. The third-order valence-electron chi connectivity index (χ3n) is 7.29. The Kier molecular flexibility index (Phi) is 8.89. The topological polar surface area (TPSA) is 76.8 Å². The highest BCUT2D eigenvalue weighted by Gasteiger charge is 2.14. The molecule has 0 radical (unpaired) electrons. The maximum Gasteiger partial charge on any atom is 0.180 e. The molecule has 0 aliphatic heterocycles. The van der Waals surface area contributed by atoms with E-state index in [0.29, 0.717) is 10.3 Å². The van der Waals surface area contributed by atoms with Crippen molar-refractivity contribution in [2.24, 2.45) is 21.7 Å². The number of nitrogens with zero attached hydrogens (tertiary/aromatic N) is 2. The van der Waals surface area contributed by atoms with Crippen LogP contribution in [0.3, 0.4) is 0 Å². The zero-order valence-corrected chi connectivity index (χ0v) is 22.9. The summed E-state index contributed by atoms with van der Waals surface area (Å²) in [4.78, 5) is 0. The molecule has 2 aromatic carbocycles. The van der Waals surface area contributed by atoms with Crippen molar-refractivity contribution in [3.8, 4) is 0 Å². The van der Waals surface area contributed by atoms with Gasteiger partial charge in [0, 0.05) is 11.5 Å². The lowest BCUT2D eigenvalue weighted by Gasteiger charge is -2.18. The lowest BCUT2D eigenvalue weighted by Crippen LogP contribution is -2.11. The van der Waals surface area contributed by atoms with Gasteiger partial charge in [-0.05, 0) is 136 Å². The van der Waals surface area contributed by atoms with Crippen LogP contribution in [0.2, 0.25) is 0 Å². The summed E-state index contributed by atoms with van der Waals surface area (Å²) in [5.74, 6) is 1.55. The van der Waals surface area contributed by atoms with E-state index < -0.39 is 0 Å². The van der Waals surface area contributed by atoms with Crippen molar-refractivity contribution in [1.29, 1.82) is 0 Å². The van der Waals surface area contributed by atoms with E-state index in [-0.39, 0.29) is 0 Å². The summed E-state index contributed by atoms with van der Waals surface area (Å²) in [6.45, 7) is 21.9. The van der Waals surface area contributed by atoms with Crippen LogP contribution in [0.15, 0.2) is 10.2 Å². The van der Waals surface area contributed by atoms with Gasteiger partial charge in [-0.2, -0.15) is 0 Å². The van der Waals surface area contributed by atoms with E-state index in [4.69, 9.17) is 11.5 Å². The zero-order chi connectivity index (χ0) is 24.3. The molecule has 4 nitrogen and oxygen atoms in total. The van der Waals surface area contributed by atoms with Gasteiger partial charge in [-0.15, -0.1) is 10.2 Å². The third kappa shape index (κ3) is 5.52. The van der Waals surface area contributed by atoms with Gasteiger partial charge >= 0.3 is 0 Å². The summed E-state index contributed by atoms with van der Waals surface area (Å²) < 4.78 is 0. The van der Waals surface area contributed by atoms with Crippen molar-refractivity contribution in [3.63, 3.8) is 0 Å². The molecule has 0 saturated carbocycles. The lowest BCUT2D eigenvalue weighted by atomic mass is 9.90. The molecule has 0 aliphatic rings. The quantitative estimate of drug-likeness (QED) is 0.298. The Morgan fingerprint density at radius 2 is 0.688 bits per heavy atom. The molecule has 0 atom stereocenters. The molecule has 0 aromatic heterocycles. The van der Waals surface area contributed by atoms with Gasteiger partial charge in [0.05, 0.1) is 0 Å². The predicted molar refractivity (Wildman–Crippen MR) is 146 cm³/mol. The fourth-order valence-electron chi connectivity index (χ4n) is 4.04. The van der Waals surface area contributed by atoms with Crippen molar-refractivity contribution in [1.82, 2.24) is 0 Å². The number of nitrogens with two attached hydrogens (primary N) is 2. The minimum atomic E-state index is 0.428. The molecule has 0 aliphatic carbocycles. The maximum atomic E-state index is 6.13. The van der Waals surface area contributed by atoms with Gasteiger partial charge in [-0.3, -0.25) is 0 Å². The second kappa shape index (κ2) is 10.8. The van der Waals surface area contributed by atoms with E-state index in [1.54, 1.807) is 0 Å². The predicted octanol–water partition coefficient (Wildman–Crippen LogP) is 6.48. The van der Waals surface area contributed by atoms with E-state index in [1.165, 1.54) is 90.3 Å². The molecule has 174 valence electrons. The number of rotatable bonds is 5. The third-order valence-corrected chi connectivity index (χ3v) is 8.91. The Labute approximate surface area is 202 Å². The van der Waals surface area contributed by atoms with Crippen LogP contribution in [-0.4, -0.2) is 10.3 Å². The molecule has 4 N–H and O–H groups in total. The van der Waals surface area contributed by atoms with Crippen LogP contribution in [-0.2, 0) is 11.5 Å². The normalized spacial score (nSPS) is 12.6. The van der Waals surface area contributed by atoms with E-state index in [9.17, 15) is 0 Å². The standard InChI is InChI=1S/C26H38N4S2/c1-13-15(3)19(7)23(20(8)16(13)4)11-31-25(27)29-30-26(28)32-12-24-21(9)17(5)14(2)18(6)22(24)10/h11-12H2,1-10H3,(H2,27,29)(H2,28,30). The fraction of sp³-hybridized carbons (Fsp3) is 0.462. The van der Waals surface area contributed by atoms with E-state index >= 15 is 0 Å². The van der Waals surface area contributed by atoms with Crippen molar-refractivity contribution in [2.75, 3.05) is 0 Å². The summed E-state index contributed by atoms with van der Waals surface area (Å²) >= 11 is 3.01. The lowest BCUT2D eigenvalue weighted by molar-refractivity contribution is 1.12. The fourth-order valence-corrected chi connectivity index (χ4v) is 5.68. The van der Waals surface area contributed by atoms with Gasteiger partial charge < -0.3 is 11.5 Å². The first kappa shape index (κ1) is 26.3. The molecule has 0 amide bonds. The first-order valence-corrected chi connectivity index (χ1v) is 12.9. The Hall–Kier alpha value is -1.92. The van der Waals surface area contributed by atoms with Gasteiger partial charge in [0.1, 0.15) is 0 Å². The average molecular weight is 471 g/mol. The van der Waals surface area contributed by atoms with Gasteiger partial charge in [0.2, 0.25) is 0 Å². The minimum Gasteiger partial charge on any atom is -0.377 e. The Bertz CT molecular complexity index is 952. The summed E-state index contributed by atoms with van der Waals surface area (Å²) in [6.07, 6.45) is 0. The van der Waals surface area contributed by atoms with E-state index in [1.807, 2.05) is 0 Å². The van der Waals surface area contributed by atoms with Crippen LogP contribution in [0.4, 0.5) is 0 Å². The van der Waals surface area contributed by atoms with Gasteiger partial charge in [-0.25, -0.2) is 0 Å². The minimum absolute atomic E-state index is 0.428. The summed E-state index contributed by atoms with van der Waals surface area (Å²) in [5, 5.41) is 9.19. The Morgan fingerprint density at radius 3 is 0.938 bits per heavy atom. The molecule has 2 rings (SSSR count). The molecular formula is C26H38N4S2. The molecule has 6 heteroatoms. The van der Waals surface area contributed by atoms with Gasteiger partial charge in [0.15, 0.2) is 10.3 Å². The van der Waals surface area contributed by atoms with Crippen LogP contribution in [0, 0.1) is 69.2 Å². The van der Waals surface area contributed by atoms with Crippen molar-refractivity contribution in [3.05, 3.63) is 66.8 Å². The Morgan fingerprint density at radius 1 is 0.469 bits per heavy atom. The number of amidine groups is 2. The molecule has 2 aromatic rings. The van der Waals surface area contributed by atoms with Crippen molar-refractivity contribution in [2.45, 2.75) is 80.7 Å². The largest absolute Gasteiger partial charge is 0.377 e. The molecule has 0 bridgehead atoms. The second-order valence-electron chi connectivity index (χ2n) is 8.66. The maximum absolute atomic E-state index is 6.13. The smallest absolute Gasteiger partial charge is 0.180 e. The first-order chi connectivity index (χ1) is 14.9.